The molecule has 3 rings (SSSR count). The molecule has 1 aromatic carbocycles. The molecule has 18 heavy (non-hydrogen) atoms. The van der Waals surface area contributed by atoms with Crippen LogP contribution in [0.5, 0.6) is 0 Å². The van der Waals surface area contributed by atoms with Gasteiger partial charge in [0.1, 0.15) is 5.76 Å². The molecule has 0 aliphatic rings. The van der Waals surface area contributed by atoms with Crippen LogP contribution in [0.3, 0.4) is 0 Å². The second-order valence-corrected chi connectivity index (χ2v) is 4.37. The van der Waals surface area contributed by atoms with Crippen molar-refractivity contribution >= 4 is 23.2 Å². The molecule has 0 fully saturated rings. The number of nitrogens with zero attached hydrogens (tertiary/aromatic N) is 3. The van der Waals surface area contributed by atoms with Crippen LogP contribution in [0.2, 0.25) is 10.0 Å². The average Bonchev–Trinajstić information content (AvgIpc) is 2.99. The Hall–Kier alpha value is -1.85. The first-order chi connectivity index (χ1) is 8.74. The molecule has 0 atom stereocenters. The van der Waals surface area contributed by atoms with Gasteiger partial charge in [-0.25, -0.2) is 0 Å². The first kappa shape index (κ1) is 11.3. The third-order valence-corrected chi connectivity index (χ3v) is 2.92. The maximum absolute atomic E-state index is 6.10. The highest BCUT2D eigenvalue weighted by Gasteiger charge is 2.12. The lowest BCUT2D eigenvalue weighted by atomic mass is 10.2. The number of aromatic nitrogens is 4. The Morgan fingerprint density at radius 1 is 1.06 bits per heavy atom. The minimum atomic E-state index is 0.395. The van der Waals surface area contributed by atoms with E-state index in [-0.39, 0.29) is 0 Å². The predicted octanol–water partition coefficient (Wildman–Crippen LogP) is 3.43. The van der Waals surface area contributed by atoms with Crippen molar-refractivity contribution in [2.24, 2.45) is 0 Å². The van der Waals surface area contributed by atoms with Crippen molar-refractivity contribution in [2.45, 2.75) is 0 Å². The summed E-state index contributed by atoms with van der Waals surface area (Å²) in [4.78, 5) is 0. The lowest BCUT2D eigenvalue weighted by Gasteiger charge is -2.00. The number of tetrazole rings is 1. The van der Waals surface area contributed by atoms with E-state index in [1.807, 2.05) is 0 Å². The number of benzene rings is 1. The van der Waals surface area contributed by atoms with Gasteiger partial charge in [0.25, 0.3) is 0 Å². The van der Waals surface area contributed by atoms with E-state index in [0.717, 1.165) is 5.56 Å². The van der Waals surface area contributed by atoms with E-state index < -0.39 is 0 Å². The minimum absolute atomic E-state index is 0.395. The van der Waals surface area contributed by atoms with Crippen LogP contribution in [0.15, 0.2) is 34.7 Å². The molecule has 0 aliphatic carbocycles. The fourth-order valence-electron chi connectivity index (χ4n) is 1.56. The number of hydrogen-bond acceptors (Lipinski definition) is 4. The summed E-state index contributed by atoms with van der Waals surface area (Å²) in [7, 11) is 0. The molecular weight excluding hydrogens is 275 g/mol. The monoisotopic (exact) mass is 280 g/mol. The van der Waals surface area contributed by atoms with Crippen molar-refractivity contribution in [3.63, 3.8) is 0 Å². The van der Waals surface area contributed by atoms with E-state index in [2.05, 4.69) is 20.6 Å². The average molecular weight is 281 g/mol. The zero-order valence-electron chi connectivity index (χ0n) is 8.89. The highest BCUT2D eigenvalue weighted by molar-refractivity contribution is 6.36. The van der Waals surface area contributed by atoms with Crippen molar-refractivity contribution in [3.8, 4) is 22.9 Å². The van der Waals surface area contributed by atoms with Crippen molar-refractivity contribution < 1.29 is 4.42 Å². The van der Waals surface area contributed by atoms with E-state index in [1.54, 1.807) is 30.3 Å². The molecule has 1 N–H and O–H groups in total. The quantitative estimate of drug-likeness (QED) is 0.781. The summed E-state index contributed by atoms with van der Waals surface area (Å²) in [6.45, 7) is 0. The minimum Gasteiger partial charge on any atom is -0.453 e. The van der Waals surface area contributed by atoms with Crippen molar-refractivity contribution in [1.29, 1.82) is 0 Å². The Balaban J connectivity index is 2.03. The summed E-state index contributed by atoms with van der Waals surface area (Å²) in [5, 5.41) is 14.6. The van der Waals surface area contributed by atoms with Gasteiger partial charge in [-0.15, -0.1) is 10.2 Å². The molecule has 3 aromatic rings. The summed E-state index contributed by atoms with van der Waals surface area (Å²) < 4.78 is 5.62. The van der Waals surface area contributed by atoms with E-state index in [4.69, 9.17) is 27.6 Å². The Labute approximate surface area is 112 Å². The molecule has 7 heteroatoms. The number of hydrogen-bond donors (Lipinski definition) is 1. The zero-order chi connectivity index (χ0) is 12.5. The fourth-order valence-corrected chi connectivity index (χ4v) is 2.06. The third-order valence-electron chi connectivity index (χ3n) is 2.37. The second-order valence-electron chi connectivity index (χ2n) is 3.52. The largest absolute Gasteiger partial charge is 0.453 e. The molecule has 2 heterocycles. The Bertz CT molecular complexity index is 678. The number of H-pyrrole nitrogens is 1. The van der Waals surface area contributed by atoms with Crippen LogP contribution in [0, 0.1) is 0 Å². The lowest BCUT2D eigenvalue weighted by Crippen LogP contribution is -1.78. The standard InChI is InChI=1S/C11H6Cl2N4O/c12-6-1-2-7(8(13)5-6)9-3-4-10(18-9)11-14-16-17-15-11/h1-5H,(H,14,15,16,17). The number of aromatic amines is 1. The van der Waals surface area contributed by atoms with E-state index in [0.29, 0.717) is 27.4 Å². The zero-order valence-corrected chi connectivity index (χ0v) is 10.4. The van der Waals surface area contributed by atoms with Gasteiger partial charge in [-0.2, -0.15) is 5.21 Å². The highest BCUT2D eigenvalue weighted by atomic mass is 35.5. The van der Waals surface area contributed by atoms with E-state index in [1.165, 1.54) is 0 Å². The Morgan fingerprint density at radius 3 is 2.61 bits per heavy atom. The molecule has 0 saturated heterocycles. The SMILES string of the molecule is Clc1ccc(-c2ccc(-c3nn[nH]n3)o2)c(Cl)c1. The molecule has 0 unspecified atom stereocenters. The van der Waals surface area contributed by atoms with Gasteiger partial charge < -0.3 is 4.42 Å². The van der Waals surface area contributed by atoms with Crippen LogP contribution in [0.25, 0.3) is 22.9 Å². The van der Waals surface area contributed by atoms with E-state index in [9.17, 15) is 0 Å². The Morgan fingerprint density at radius 2 is 1.89 bits per heavy atom. The van der Waals surface area contributed by atoms with Gasteiger partial charge in [0.15, 0.2) is 5.76 Å². The topological polar surface area (TPSA) is 67.6 Å². The number of halogens is 2. The van der Waals surface area contributed by atoms with Gasteiger partial charge >= 0.3 is 0 Å². The van der Waals surface area contributed by atoms with Crippen molar-refractivity contribution in [2.75, 3.05) is 0 Å². The van der Waals surface area contributed by atoms with Crippen LogP contribution in [-0.4, -0.2) is 20.6 Å². The summed E-state index contributed by atoms with van der Waals surface area (Å²) in [6, 6.07) is 8.75. The molecule has 0 aliphatic heterocycles. The first-order valence-corrected chi connectivity index (χ1v) is 5.79. The summed E-state index contributed by atoms with van der Waals surface area (Å²) >= 11 is 11.9. The fraction of sp³-hybridized carbons (Fsp3) is 0. The summed E-state index contributed by atoms with van der Waals surface area (Å²) in [5.41, 5.74) is 0.760. The molecule has 90 valence electrons. The molecule has 2 aromatic heterocycles. The van der Waals surface area contributed by atoms with Gasteiger partial charge in [0.05, 0.1) is 5.02 Å². The Kier molecular flexibility index (Phi) is 2.77. The van der Waals surface area contributed by atoms with Gasteiger partial charge in [-0.05, 0) is 35.5 Å². The van der Waals surface area contributed by atoms with Crippen LogP contribution in [-0.2, 0) is 0 Å². The van der Waals surface area contributed by atoms with Crippen molar-refractivity contribution in [1.82, 2.24) is 20.6 Å². The van der Waals surface area contributed by atoms with Gasteiger partial charge in [0, 0.05) is 10.6 Å². The second kappa shape index (κ2) is 4.44. The highest BCUT2D eigenvalue weighted by Crippen LogP contribution is 2.33. The third kappa shape index (κ3) is 1.98. The van der Waals surface area contributed by atoms with Gasteiger partial charge in [-0.1, -0.05) is 23.2 Å². The van der Waals surface area contributed by atoms with Crippen LogP contribution >= 0.6 is 23.2 Å². The predicted molar refractivity (Wildman–Crippen MR) is 67.3 cm³/mol. The van der Waals surface area contributed by atoms with Gasteiger partial charge in [0.2, 0.25) is 5.82 Å². The van der Waals surface area contributed by atoms with Crippen molar-refractivity contribution in [3.05, 3.63) is 40.4 Å². The normalized spacial score (nSPS) is 10.8. The molecule has 0 amide bonds. The molecule has 0 bridgehead atoms. The number of rotatable bonds is 2. The summed E-state index contributed by atoms with van der Waals surface area (Å²) in [6.07, 6.45) is 0. The number of furan rings is 1. The number of nitrogens with one attached hydrogen (secondary N) is 1. The van der Waals surface area contributed by atoms with Crippen LogP contribution < -0.4 is 0 Å². The van der Waals surface area contributed by atoms with E-state index >= 15 is 0 Å². The maximum atomic E-state index is 6.10. The lowest BCUT2D eigenvalue weighted by molar-refractivity contribution is 0.592. The molecule has 5 nitrogen and oxygen atoms in total. The van der Waals surface area contributed by atoms with Gasteiger partial charge in [-0.3, -0.25) is 0 Å². The summed E-state index contributed by atoms with van der Waals surface area (Å²) in [5.74, 6) is 1.53. The first-order valence-electron chi connectivity index (χ1n) is 5.03. The molecule has 0 spiro atoms. The van der Waals surface area contributed by atoms with Crippen LogP contribution in [0.4, 0.5) is 0 Å². The molecular formula is C11H6Cl2N4O. The molecule has 0 saturated carbocycles. The maximum Gasteiger partial charge on any atom is 0.239 e. The van der Waals surface area contributed by atoms with Crippen LogP contribution in [0.1, 0.15) is 0 Å². The molecule has 0 radical (unpaired) electrons. The smallest absolute Gasteiger partial charge is 0.239 e.